The van der Waals surface area contributed by atoms with Gasteiger partial charge in [-0.1, -0.05) is 12.1 Å². The summed E-state index contributed by atoms with van der Waals surface area (Å²) in [4.78, 5) is 20.4. The van der Waals surface area contributed by atoms with E-state index >= 15 is 0 Å². The van der Waals surface area contributed by atoms with Crippen molar-refractivity contribution in [1.29, 1.82) is 0 Å². The number of carbonyl (C=O) groups is 1. The SMILES string of the molecule is CC(=O)c1c(C)cccc1NCc1cn2cccnc2n1. The zero-order valence-corrected chi connectivity index (χ0v) is 12.0. The van der Waals surface area contributed by atoms with Crippen LogP contribution in [-0.2, 0) is 6.54 Å². The Bertz CT molecular complexity index is 774. The van der Waals surface area contributed by atoms with Crippen molar-refractivity contribution < 1.29 is 4.79 Å². The molecule has 0 radical (unpaired) electrons. The second-order valence-corrected chi connectivity index (χ2v) is 4.97. The Morgan fingerprint density at radius 1 is 1.33 bits per heavy atom. The molecule has 0 amide bonds. The minimum Gasteiger partial charge on any atom is -0.379 e. The number of nitrogens with one attached hydrogen (secondary N) is 1. The van der Waals surface area contributed by atoms with Gasteiger partial charge in [-0.25, -0.2) is 9.97 Å². The van der Waals surface area contributed by atoms with Gasteiger partial charge in [0.15, 0.2) is 5.78 Å². The Labute approximate surface area is 122 Å². The van der Waals surface area contributed by atoms with Crippen molar-refractivity contribution in [2.45, 2.75) is 20.4 Å². The lowest BCUT2D eigenvalue weighted by molar-refractivity contribution is 0.101. The van der Waals surface area contributed by atoms with Crippen molar-refractivity contribution in [3.05, 3.63) is 59.7 Å². The van der Waals surface area contributed by atoms with Gasteiger partial charge >= 0.3 is 0 Å². The number of anilines is 1. The van der Waals surface area contributed by atoms with Gasteiger partial charge in [0.25, 0.3) is 0 Å². The van der Waals surface area contributed by atoms with E-state index in [-0.39, 0.29) is 5.78 Å². The first-order valence-corrected chi connectivity index (χ1v) is 6.78. The maximum absolute atomic E-state index is 11.8. The Morgan fingerprint density at radius 2 is 2.19 bits per heavy atom. The molecule has 3 rings (SSSR count). The first kappa shape index (κ1) is 13.3. The van der Waals surface area contributed by atoms with E-state index in [1.165, 1.54) is 0 Å². The summed E-state index contributed by atoms with van der Waals surface area (Å²) in [6.07, 6.45) is 5.55. The first-order valence-electron chi connectivity index (χ1n) is 6.78. The van der Waals surface area contributed by atoms with Gasteiger partial charge < -0.3 is 5.32 Å². The highest BCUT2D eigenvalue weighted by Gasteiger charge is 2.10. The largest absolute Gasteiger partial charge is 0.379 e. The minimum atomic E-state index is 0.0623. The zero-order valence-electron chi connectivity index (χ0n) is 12.0. The Hall–Kier alpha value is -2.69. The van der Waals surface area contributed by atoms with Crippen LogP contribution in [-0.4, -0.2) is 20.2 Å². The van der Waals surface area contributed by atoms with E-state index in [1.807, 2.05) is 48.0 Å². The van der Waals surface area contributed by atoms with Gasteiger partial charge in [0.2, 0.25) is 5.78 Å². The van der Waals surface area contributed by atoms with E-state index in [1.54, 1.807) is 13.1 Å². The number of Topliss-reactive ketones (excluding diaryl/α,β-unsaturated/α-hetero) is 1. The van der Waals surface area contributed by atoms with E-state index in [2.05, 4.69) is 15.3 Å². The molecule has 0 aliphatic carbocycles. The zero-order chi connectivity index (χ0) is 14.8. The number of hydrogen-bond acceptors (Lipinski definition) is 4. The van der Waals surface area contributed by atoms with Gasteiger partial charge in [-0.05, 0) is 31.5 Å². The van der Waals surface area contributed by atoms with Gasteiger partial charge in [-0.3, -0.25) is 9.20 Å². The molecule has 0 atom stereocenters. The first-order chi connectivity index (χ1) is 10.1. The second-order valence-electron chi connectivity index (χ2n) is 4.97. The van der Waals surface area contributed by atoms with Crippen molar-refractivity contribution in [3.8, 4) is 0 Å². The second kappa shape index (κ2) is 5.36. The van der Waals surface area contributed by atoms with Gasteiger partial charge in [-0.15, -0.1) is 0 Å². The third-order valence-corrected chi connectivity index (χ3v) is 3.37. The Kier molecular flexibility index (Phi) is 3.39. The molecule has 0 unspecified atom stereocenters. The van der Waals surface area contributed by atoms with Gasteiger partial charge in [0, 0.05) is 29.8 Å². The summed E-state index contributed by atoms with van der Waals surface area (Å²) in [6.45, 7) is 4.08. The highest BCUT2D eigenvalue weighted by atomic mass is 16.1. The van der Waals surface area contributed by atoms with Crippen LogP contribution >= 0.6 is 0 Å². The molecular formula is C16H16N4O. The van der Waals surface area contributed by atoms with E-state index in [4.69, 9.17) is 0 Å². The van der Waals surface area contributed by atoms with Crippen LogP contribution in [0.3, 0.4) is 0 Å². The molecule has 21 heavy (non-hydrogen) atoms. The fourth-order valence-electron chi connectivity index (χ4n) is 2.43. The Morgan fingerprint density at radius 3 is 2.95 bits per heavy atom. The maximum Gasteiger partial charge on any atom is 0.233 e. The summed E-state index contributed by atoms with van der Waals surface area (Å²) in [7, 11) is 0. The number of ketones is 1. The van der Waals surface area contributed by atoms with Crippen LogP contribution in [0.2, 0.25) is 0 Å². The smallest absolute Gasteiger partial charge is 0.233 e. The summed E-state index contributed by atoms with van der Waals surface area (Å²) < 4.78 is 1.87. The molecule has 0 bridgehead atoms. The number of carbonyl (C=O) groups excluding carboxylic acids is 1. The quantitative estimate of drug-likeness (QED) is 0.747. The molecule has 1 aromatic carbocycles. The molecular weight excluding hydrogens is 264 g/mol. The van der Waals surface area contributed by atoms with E-state index in [0.717, 1.165) is 22.5 Å². The lowest BCUT2D eigenvalue weighted by atomic mass is 10.0. The number of rotatable bonds is 4. The summed E-state index contributed by atoms with van der Waals surface area (Å²) in [5, 5.41) is 3.29. The molecule has 5 nitrogen and oxygen atoms in total. The average Bonchev–Trinajstić information content (AvgIpc) is 2.87. The normalized spacial score (nSPS) is 10.8. The molecule has 5 heteroatoms. The standard InChI is InChI=1S/C16H16N4O/c1-11-5-3-6-14(15(11)12(2)21)18-9-13-10-20-8-4-7-17-16(20)19-13/h3-8,10,18H,9H2,1-2H3. The van der Waals surface area contributed by atoms with Crippen molar-refractivity contribution in [2.24, 2.45) is 0 Å². The number of imidazole rings is 1. The summed E-state index contributed by atoms with van der Waals surface area (Å²) in [6, 6.07) is 7.66. The minimum absolute atomic E-state index is 0.0623. The van der Waals surface area contributed by atoms with Crippen molar-refractivity contribution in [2.75, 3.05) is 5.32 Å². The monoisotopic (exact) mass is 280 g/mol. The lowest BCUT2D eigenvalue weighted by Gasteiger charge is -2.11. The highest BCUT2D eigenvalue weighted by molar-refractivity contribution is 6.00. The molecule has 0 fully saturated rings. The van der Waals surface area contributed by atoms with Crippen LogP contribution in [0, 0.1) is 6.92 Å². The predicted molar refractivity (Wildman–Crippen MR) is 81.5 cm³/mol. The third kappa shape index (κ3) is 2.63. The van der Waals surface area contributed by atoms with Crippen LogP contribution < -0.4 is 5.32 Å². The van der Waals surface area contributed by atoms with Gasteiger partial charge in [0.1, 0.15) is 0 Å². The molecule has 0 saturated heterocycles. The number of hydrogen-bond donors (Lipinski definition) is 1. The Balaban J connectivity index is 1.85. The number of aryl methyl sites for hydroxylation is 1. The van der Waals surface area contributed by atoms with Crippen LogP contribution in [0.5, 0.6) is 0 Å². The van der Waals surface area contributed by atoms with Crippen LogP contribution in [0.25, 0.3) is 5.78 Å². The topological polar surface area (TPSA) is 59.3 Å². The van der Waals surface area contributed by atoms with Crippen molar-refractivity contribution in [3.63, 3.8) is 0 Å². The van der Waals surface area contributed by atoms with Crippen LogP contribution in [0.15, 0.2) is 42.9 Å². The molecule has 106 valence electrons. The fraction of sp³-hybridized carbons (Fsp3) is 0.188. The van der Waals surface area contributed by atoms with Crippen molar-refractivity contribution >= 4 is 17.2 Å². The maximum atomic E-state index is 11.8. The molecule has 3 aromatic rings. The average molecular weight is 280 g/mol. The summed E-state index contributed by atoms with van der Waals surface area (Å²) in [5.74, 6) is 0.734. The van der Waals surface area contributed by atoms with Gasteiger partial charge in [0.05, 0.1) is 12.2 Å². The number of benzene rings is 1. The number of nitrogens with zero attached hydrogens (tertiary/aromatic N) is 3. The van der Waals surface area contributed by atoms with Crippen molar-refractivity contribution in [1.82, 2.24) is 14.4 Å². The number of aromatic nitrogens is 3. The fourth-order valence-corrected chi connectivity index (χ4v) is 2.43. The van der Waals surface area contributed by atoms with Crippen LogP contribution in [0.4, 0.5) is 5.69 Å². The summed E-state index contributed by atoms with van der Waals surface area (Å²) >= 11 is 0. The molecule has 1 N–H and O–H groups in total. The summed E-state index contributed by atoms with van der Waals surface area (Å²) in [5.41, 5.74) is 3.43. The van der Waals surface area contributed by atoms with E-state index in [0.29, 0.717) is 12.3 Å². The molecule has 0 aliphatic rings. The molecule has 0 saturated carbocycles. The predicted octanol–water partition coefficient (Wildman–Crippen LogP) is 2.85. The molecule has 0 aliphatic heterocycles. The van der Waals surface area contributed by atoms with E-state index in [9.17, 15) is 4.79 Å². The highest BCUT2D eigenvalue weighted by Crippen LogP contribution is 2.20. The van der Waals surface area contributed by atoms with Gasteiger partial charge in [-0.2, -0.15) is 0 Å². The molecule has 0 spiro atoms. The lowest BCUT2D eigenvalue weighted by Crippen LogP contribution is -2.06. The number of fused-ring (bicyclic) bond motifs is 1. The van der Waals surface area contributed by atoms with E-state index < -0.39 is 0 Å². The van der Waals surface area contributed by atoms with Crippen LogP contribution in [0.1, 0.15) is 28.5 Å². The molecule has 2 aromatic heterocycles. The molecule has 2 heterocycles. The third-order valence-electron chi connectivity index (χ3n) is 3.37.